The van der Waals surface area contributed by atoms with Gasteiger partial charge in [-0.05, 0) is 12.1 Å². The summed E-state index contributed by atoms with van der Waals surface area (Å²) in [5.41, 5.74) is 7.12. The van der Waals surface area contributed by atoms with Gasteiger partial charge in [-0.15, -0.1) is 0 Å². The molecule has 1 aliphatic rings. The van der Waals surface area contributed by atoms with E-state index in [0.29, 0.717) is 30.0 Å². The fraction of sp³-hybridized carbons (Fsp3) is 0.211. The van der Waals surface area contributed by atoms with E-state index in [4.69, 9.17) is 5.73 Å². The lowest BCUT2D eigenvalue weighted by molar-refractivity contribution is -0.137. The zero-order chi connectivity index (χ0) is 19.9. The molecule has 4 rings (SSSR count). The van der Waals surface area contributed by atoms with Crippen LogP contribution in [-0.2, 0) is 19.3 Å². The number of hydrogen-bond donors (Lipinski definition) is 1. The summed E-state index contributed by atoms with van der Waals surface area (Å²) in [5, 5.41) is 4.60. The lowest BCUT2D eigenvalue weighted by Gasteiger charge is -2.26. The van der Waals surface area contributed by atoms with Gasteiger partial charge in [-0.3, -0.25) is 9.67 Å². The van der Waals surface area contributed by atoms with Gasteiger partial charge in [0.15, 0.2) is 0 Å². The molecule has 28 heavy (non-hydrogen) atoms. The van der Waals surface area contributed by atoms with Crippen LogP contribution in [0.2, 0.25) is 0 Å². The highest BCUT2D eigenvalue weighted by Crippen LogP contribution is 2.38. The number of amides is 2. The van der Waals surface area contributed by atoms with Crippen molar-refractivity contribution in [3.8, 4) is 22.5 Å². The lowest BCUT2D eigenvalue weighted by Crippen LogP contribution is -2.41. The zero-order valence-electron chi connectivity index (χ0n) is 14.6. The molecule has 0 saturated heterocycles. The molecule has 2 amide bonds. The quantitative estimate of drug-likeness (QED) is 0.731. The van der Waals surface area contributed by atoms with Crippen molar-refractivity contribution in [2.24, 2.45) is 5.73 Å². The van der Waals surface area contributed by atoms with Crippen LogP contribution in [0.5, 0.6) is 0 Å². The molecule has 0 fully saturated rings. The molecule has 3 heterocycles. The maximum absolute atomic E-state index is 13.2. The van der Waals surface area contributed by atoms with Gasteiger partial charge in [0.2, 0.25) is 0 Å². The second-order valence-corrected chi connectivity index (χ2v) is 6.45. The van der Waals surface area contributed by atoms with Crippen molar-refractivity contribution in [1.29, 1.82) is 0 Å². The van der Waals surface area contributed by atoms with Crippen molar-refractivity contribution in [3.63, 3.8) is 0 Å². The van der Waals surface area contributed by atoms with Crippen LogP contribution in [0.15, 0.2) is 48.7 Å². The minimum absolute atomic E-state index is 0.154. The number of pyridine rings is 1. The first-order chi connectivity index (χ1) is 13.3. The Bertz CT molecular complexity index is 1030. The number of benzene rings is 1. The number of fused-ring (bicyclic) bond motifs is 1. The van der Waals surface area contributed by atoms with Gasteiger partial charge in [0, 0.05) is 18.3 Å². The van der Waals surface area contributed by atoms with Crippen LogP contribution in [0.3, 0.4) is 0 Å². The molecule has 0 radical (unpaired) electrons. The van der Waals surface area contributed by atoms with E-state index in [1.807, 2.05) is 30.3 Å². The molecule has 6 nitrogen and oxygen atoms in total. The smallest absolute Gasteiger partial charge is 0.351 e. The van der Waals surface area contributed by atoms with Crippen LogP contribution in [0.1, 0.15) is 11.3 Å². The number of alkyl halides is 3. The van der Waals surface area contributed by atoms with E-state index in [-0.39, 0.29) is 12.2 Å². The normalized spacial score (nSPS) is 14.0. The van der Waals surface area contributed by atoms with Gasteiger partial charge in [0.05, 0.1) is 35.6 Å². The number of hydrogen-bond acceptors (Lipinski definition) is 3. The molecule has 0 spiro atoms. The molecular weight excluding hydrogens is 371 g/mol. The number of carbonyl (C=O) groups excluding carboxylic acids is 1. The first-order valence-corrected chi connectivity index (χ1v) is 8.57. The summed E-state index contributed by atoms with van der Waals surface area (Å²) in [5.74, 6) is 0. The molecule has 1 aromatic carbocycles. The molecular formula is C19H16F3N5O. The molecule has 3 aromatic rings. The Morgan fingerprint density at radius 1 is 1.11 bits per heavy atom. The number of carbonyl (C=O) groups is 1. The minimum Gasteiger partial charge on any atom is -0.351 e. The molecule has 0 bridgehead atoms. The molecule has 1 aliphatic heterocycles. The summed E-state index contributed by atoms with van der Waals surface area (Å²) in [4.78, 5) is 17.2. The number of halogens is 3. The van der Waals surface area contributed by atoms with Gasteiger partial charge in [0.25, 0.3) is 0 Å². The zero-order valence-corrected chi connectivity index (χ0v) is 14.6. The maximum atomic E-state index is 13.2. The van der Waals surface area contributed by atoms with Gasteiger partial charge in [-0.25, -0.2) is 4.79 Å². The predicted octanol–water partition coefficient (Wildman–Crippen LogP) is 3.53. The molecule has 0 aliphatic carbocycles. The summed E-state index contributed by atoms with van der Waals surface area (Å²) < 4.78 is 41.4. The van der Waals surface area contributed by atoms with Crippen molar-refractivity contribution in [2.45, 2.75) is 19.3 Å². The predicted molar refractivity (Wildman–Crippen MR) is 95.9 cm³/mol. The first-order valence-electron chi connectivity index (χ1n) is 8.57. The van der Waals surface area contributed by atoms with Crippen molar-refractivity contribution < 1.29 is 18.0 Å². The number of nitrogens with two attached hydrogens (primary N) is 1. The Labute approximate surface area is 158 Å². The van der Waals surface area contributed by atoms with E-state index in [1.165, 1.54) is 4.90 Å². The molecule has 0 unspecified atom stereocenters. The standard InChI is InChI=1S/C19H16F3N5O/c20-19(21,22)13-6-7-24-14(10-13)16-15-11-26(18(23)28)8-9-27(15)25-17(16)12-4-2-1-3-5-12/h1-7,10H,8-9,11H2,(H2,23,28). The fourth-order valence-electron chi connectivity index (χ4n) is 3.32. The van der Waals surface area contributed by atoms with E-state index in [1.54, 1.807) is 4.68 Å². The van der Waals surface area contributed by atoms with Crippen molar-refractivity contribution in [3.05, 3.63) is 59.9 Å². The Morgan fingerprint density at radius 2 is 1.86 bits per heavy atom. The van der Waals surface area contributed by atoms with Crippen molar-refractivity contribution in [1.82, 2.24) is 19.7 Å². The Kier molecular flexibility index (Phi) is 4.29. The minimum atomic E-state index is -4.49. The van der Waals surface area contributed by atoms with E-state index < -0.39 is 17.8 Å². The summed E-state index contributed by atoms with van der Waals surface area (Å²) in [6.45, 7) is 0.938. The number of urea groups is 1. The monoisotopic (exact) mass is 387 g/mol. The highest BCUT2D eigenvalue weighted by Gasteiger charge is 2.33. The topological polar surface area (TPSA) is 77.0 Å². The number of nitrogens with zero attached hydrogens (tertiary/aromatic N) is 4. The maximum Gasteiger partial charge on any atom is 0.416 e. The van der Waals surface area contributed by atoms with Gasteiger partial charge in [-0.2, -0.15) is 18.3 Å². The van der Waals surface area contributed by atoms with Crippen LogP contribution in [0, 0.1) is 0 Å². The molecule has 0 atom stereocenters. The summed E-state index contributed by atoms with van der Waals surface area (Å²) >= 11 is 0. The van der Waals surface area contributed by atoms with E-state index in [2.05, 4.69) is 10.1 Å². The van der Waals surface area contributed by atoms with E-state index >= 15 is 0 Å². The third-order valence-electron chi connectivity index (χ3n) is 4.68. The first kappa shape index (κ1) is 18.0. The van der Waals surface area contributed by atoms with Crippen LogP contribution in [-0.4, -0.2) is 32.2 Å². The fourth-order valence-corrected chi connectivity index (χ4v) is 3.32. The average molecular weight is 387 g/mol. The van der Waals surface area contributed by atoms with E-state index in [0.717, 1.165) is 23.9 Å². The number of aromatic nitrogens is 3. The number of rotatable bonds is 2. The second-order valence-electron chi connectivity index (χ2n) is 6.45. The Morgan fingerprint density at radius 3 is 2.54 bits per heavy atom. The van der Waals surface area contributed by atoms with Gasteiger partial charge < -0.3 is 10.6 Å². The Hall–Kier alpha value is -3.36. The Balaban J connectivity index is 1.92. The number of primary amides is 1. The summed E-state index contributed by atoms with van der Waals surface area (Å²) in [6.07, 6.45) is -3.36. The molecule has 0 saturated carbocycles. The SMILES string of the molecule is NC(=O)N1CCn2nc(-c3ccccc3)c(-c3cc(C(F)(F)F)ccn3)c2C1. The third-order valence-corrected chi connectivity index (χ3v) is 4.68. The lowest BCUT2D eigenvalue weighted by atomic mass is 10.0. The largest absolute Gasteiger partial charge is 0.416 e. The molecule has 2 N–H and O–H groups in total. The third kappa shape index (κ3) is 3.19. The van der Waals surface area contributed by atoms with Gasteiger partial charge >= 0.3 is 12.2 Å². The van der Waals surface area contributed by atoms with Crippen LogP contribution >= 0.6 is 0 Å². The summed E-state index contributed by atoms with van der Waals surface area (Å²) in [6, 6.07) is 10.5. The van der Waals surface area contributed by atoms with E-state index in [9.17, 15) is 18.0 Å². The van der Waals surface area contributed by atoms with Gasteiger partial charge in [0.1, 0.15) is 5.69 Å². The highest BCUT2D eigenvalue weighted by molar-refractivity contribution is 5.82. The van der Waals surface area contributed by atoms with Crippen LogP contribution < -0.4 is 5.73 Å². The van der Waals surface area contributed by atoms with Crippen LogP contribution in [0.4, 0.5) is 18.0 Å². The van der Waals surface area contributed by atoms with Crippen LogP contribution in [0.25, 0.3) is 22.5 Å². The van der Waals surface area contributed by atoms with Gasteiger partial charge in [-0.1, -0.05) is 30.3 Å². The van der Waals surface area contributed by atoms with Crippen molar-refractivity contribution >= 4 is 6.03 Å². The second kappa shape index (κ2) is 6.66. The average Bonchev–Trinajstić information content (AvgIpc) is 3.06. The highest BCUT2D eigenvalue weighted by atomic mass is 19.4. The van der Waals surface area contributed by atoms with Crippen molar-refractivity contribution in [2.75, 3.05) is 6.54 Å². The summed E-state index contributed by atoms with van der Waals surface area (Å²) in [7, 11) is 0. The molecule has 2 aromatic heterocycles. The molecule has 144 valence electrons. The molecule has 9 heteroatoms.